The standard InChI is InChI=1S/C19H26N2O3/c1-3-24-17-13-15(8-9-16(17)23-2)7-6-12-21-18(22)19(14-20)10-4-5-11-19/h8-9,13H,3-7,10-12H2,1-2H3,(H,21,22). The van der Waals surface area contributed by atoms with Crippen LogP contribution >= 0.6 is 0 Å². The van der Waals surface area contributed by atoms with Crippen LogP contribution in [0.5, 0.6) is 11.5 Å². The maximum absolute atomic E-state index is 12.3. The lowest BCUT2D eigenvalue weighted by Gasteiger charge is -2.19. The number of aryl methyl sites for hydroxylation is 1. The molecule has 0 aliphatic heterocycles. The van der Waals surface area contributed by atoms with E-state index in [1.54, 1.807) is 7.11 Å². The predicted molar refractivity (Wildman–Crippen MR) is 92.0 cm³/mol. The van der Waals surface area contributed by atoms with Gasteiger partial charge in [-0.25, -0.2) is 0 Å². The van der Waals surface area contributed by atoms with Gasteiger partial charge in [0.25, 0.3) is 0 Å². The number of rotatable bonds is 8. The molecule has 1 aromatic rings. The molecule has 1 amide bonds. The lowest BCUT2D eigenvalue weighted by Crippen LogP contribution is -2.38. The molecule has 1 aliphatic carbocycles. The van der Waals surface area contributed by atoms with Gasteiger partial charge >= 0.3 is 0 Å². The van der Waals surface area contributed by atoms with E-state index in [4.69, 9.17) is 9.47 Å². The van der Waals surface area contributed by atoms with Crippen LogP contribution < -0.4 is 14.8 Å². The Labute approximate surface area is 144 Å². The Bertz CT molecular complexity index is 601. The predicted octanol–water partition coefficient (Wildman–Crippen LogP) is 3.23. The minimum atomic E-state index is -0.789. The van der Waals surface area contributed by atoms with Gasteiger partial charge in [0.05, 0.1) is 19.8 Å². The summed E-state index contributed by atoms with van der Waals surface area (Å²) in [6.45, 7) is 3.11. The van der Waals surface area contributed by atoms with Crippen LogP contribution in [0.3, 0.4) is 0 Å². The SMILES string of the molecule is CCOc1cc(CCCNC(=O)C2(C#N)CCCC2)ccc1OC. The summed E-state index contributed by atoms with van der Waals surface area (Å²) >= 11 is 0. The summed E-state index contributed by atoms with van der Waals surface area (Å²) in [5, 5.41) is 12.2. The molecule has 1 fully saturated rings. The van der Waals surface area contributed by atoms with Crippen LogP contribution in [-0.4, -0.2) is 26.2 Å². The molecule has 0 spiro atoms. The van der Waals surface area contributed by atoms with E-state index in [0.29, 0.717) is 26.0 Å². The van der Waals surface area contributed by atoms with Crippen molar-refractivity contribution in [2.75, 3.05) is 20.3 Å². The summed E-state index contributed by atoms with van der Waals surface area (Å²) in [4.78, 5) is 12.3. The molecule has 1 aliphatic rings. The normalized spacial score (nSPS) is 15.5. The van der Waals surface area contributed by atoms with Gasteiger partial charge in [-0.2, -0.15) is 5.26 Å². The Hall–Kier alpha value is -2.22. The zero-order valence-electron chi connectivity index (χ0n) is 14.6. The molecule has 130 valence electrons. The second-order valence-electron chi connectivity index (χ2n) is 6.18. The second-order valence-corrected chi connectivity index (χ2v) is 6.18. The molecule has 0 heterocycles. The Morgan fingerprint density at radius 3 is 2.71 bits per heavy atom. The van der Waals surface area contributed by atoms with Crippen molar-refractivity contribution in [1.82, 2.24) is 5.32 Å². The van der Waals surface area contributed by atoms with Crippen molar-refractivity contribution in [3.05, 3.63) is 23.8 Å². The topological polar surface area (TPSA) is 71.3 Å². The Morgan fingerprint density at radius 2 is 2.08 bits per heavy atom. The van der Waals surface area contributed by atoms with Crippen LogP contribution in [0.2, 0.25) is 0 Å². The van der Waals surface area contributed by atoms with Gasteiger partial charge in [-0.3, -0.25) is 4.79 Å². The third-order valence-corrected chi connectivity index (χ3v) is 4.56. The number of nitrogens with one attached hydrogen (secondary N) is 1. The zero-order valence-corrected chi connectivity index (χ0v) is 14.6. The molecule has 0 bridgehead atoms. The largest absolute Gasteiger partial charge is 0.493 e. The first-order valence-corrected chi connectivity index (χ1v) is 8.64. The average molecular weight is 330 g/mol. The third-order valence-electron chi connectivity index (χ3n) is 4.56. The van der Waals surface area contributed by atoms with Crippen molar-refractivity contribution in [1.29, 1.82) is 5.26 Å². The van der Waals surface area contributed by atoms with Gasteiger partial charge in [-0.1, -0.05) is 18.9 Å². The number of nitriles is 1. The minimum Gasteiger partial charge on any atom is -0.493 e. The number of hydrogen-bond donors (Lipinski definition) is 1. The first-order valence-electron chi connectivity index (χ1n) is 8.64. The lowest BCUT2D eigenvalue weighted by atomic mass is 9.87. The van der Waals surface area contributed by atoms with Gasteiger partial charge in [0.15, 0.2) is 11.5 Å². The molecule has 1 N–H and O–H groups in total. The molecule has 1 saturated carbocycles. The Balaban J connectivity index is 1.83. The molecular formula is C19H26N2O3. The van der Waals surface area contributed by atoms with Crippen molar-refractivity contribution < 1.29 is 14.3 Å². The summed E-state index contributed by atoms with van der Waals surface area (Å²) in [5.41, 5.74) is 0.353. The maximum Gasteiger partial charge on any atom is 0.240 e. The van der Waals surface area contributed by atoms with Crippen molar-refractivity contribution in [2.24, 2.45) is 5.41 Å². The fourth-order valence-corrected chi connectivity index (χ4v) is 3.18. The number of amides is 1. The third kappa shape index (κ3) is 4.19. The van der Waals surface area contributed by atoms with Gasteiger partial charge in [0.1, 0.15) is 5.41 Å². The fraction of sp³-hybridized carbons (Fsp3) is 0.579. The van der Waals surface area contributed by atoms with Crippen LogP contribution in [0.4, 0.5) is 0 Å². The van der Waals surface area contributed by atoms with Crippen LogP contribution in [-0.2, 0) is 11.2 Å². The summed E-state index contributed by atoms with van der Waals surface area (Å²) in [6.07, 6.45) is 4.96. The van der Waals surface area contributed by atoms with Crippen molar-refractivity contribution in [3.8, 4) is 17.6 Å². The summed E-state index contributed by atoms with van der Waals surface area (Å²) < 4.78 is 10.9. The summed E-state index contributed by atoms with van der Waals surface area (Å²) in [5.74, 6) is 1.37. The van der Waals surface area contributed by atoms with Gasteiger partial charge in [0, 0.05) is 6.54 Å². The first-order chi connectivity index (χ1) is 11.6. The molecule has 0 aromatic heterocycles. The number of nitrogens with zero attached hydrogens (tertiary/aromatic N) is 1. The first kappa shape index (κ1) is 18.1. The van der Waals surface area contributed by atoms with Crippen molar-refractivity contribution >= 4 is 5.91 Å². The smallest absolute Gasteiger partial charge is 0.240 e. The van der Waals surface area contributed by atoms with Crippen LogP contribution in [0.1, 0.15) is 44.6 Å². The molecule has 0 saturated heterocycles. The Morgan fingerprint density at radius 1 is 1.33 bits per heavy atom. The van der Waals surface area contributed by atoms with E-state index < -0.39 is 5.41 Å². The van der Waals surface area contributed by atoms with Gasteiger partial charge in [-0.15, -0.1) is 0 Å². The summed E-state index contributed by atoms with van der Waals surface area (Å²) in [7, 11) is 1.63. The molecule has 0 unspecified atom stereocenters. The molecular weight excluding hydrogens is 304 g/mol. The number of ether oxygens (including phenoxy) is 2. The van der Waals surface area contributed by atoms with Gasteiger partial charge < -0.3 is 14.8 Å². The average Bonchev–Trinajstić information content (AvgIpc) is 3.09. The number of hydrogen-bond acceptors (Lipinski definition) is 4. The van der Waals surface area contributed by atoms with E-state index >= 15 is 0 Å². The summed E-state index contributed by atoms with van der Waals surface area (Å²) in [6, 6.07) is 8.13. The highest BCUT2D eigenvalue weighted by molar-refractivity contribution is 5.85. The Kier molecular flexibility index (Phi) is 6.48. The van der Waals surface area contributed by atoms with Crippen LogP contribution in [0.15, 0.2) is 18.2 Å². The highest BCUT2D eigenvalue weighted by atomic mass is 16.5. The van der Waals surface area contributed by atoms with Gasteiger partial charge in [-0.05, 0) is 50.3 Å². The van der Waals surface area contributed by atoms with E-state index in [0.717, 1.165) is 42.7 Å². The molecule has 5 nitrogen and oxygen atoms in total. The highest BCUT2D eigenvalue weighted by Gasteiger charge is 2.41. The number of methoxy groups -OCH3 is 1. The van der Waals surface area contributed by atoms with E-state index in [-0.39, 0.29) is 5.91 Å². The number of carbonyl (C=O) groups is 1. The van der Waals surface area contributed by atoms with E-state index in [9.17, 15) is 10.1 Å². The van der Waals surface area contributed by atoms with Crippen molar-refractivity contribution in [2.45, 2.75) is 45.4 Å². The monoisotopic (exact) mass is 330 g/mol. The quantitative estimate of drug-likeness (QED) is 0.743. The molecule has 0 radical (unpaired) electrons. The minimum absolute atomic E-state index is 0.104. The molecule has 2 rings (SSSR count). The molecule has 0 atom stereocenters. The number of benzene rings is 1. The number of carbonyl (C=O) groups excluding carboxylic acids is 1. The zero-order chi connectivity index (χ0) is 17.4. The highest BCUT2D eigenvalue weighted by Crippen LogP contribution is 2.37. The lowest BCUT2D eigenvalue weighted by molar-refractivity contribution is -0.127. The van der Waals surface area contributed by atoms with E-state index in [2.05, 4.69) is 11.4 Å². The van der Waals surface area contributed by atoms with E-state index in [1.807, 2.05) is 25.1 Å². The molecule has 5 heteroatoms. The maximum atomic E-state index is 12.3. The second kappa shape index (κ2) is 8.58. The van der Waals surface area contributed by atoms with Gasteiger partial charge in [0.2, 0.25) is 5.91 Å². The van der Waals surface area contributed by atoms with Crippen molar-refractivity contribution in [3.63, 3.8) is 0 Å². The van der Waals surface area contributed by atoms with Crippen LogP contribution in [0, 0.1) is 16.7 Å². The van der Waals surface area contributed by atoms with Crippen LogP contribution in [0.25, 0.3) is 0 Å². The molecule has 24 heavy (non-hydrogen) atoms. The van der Waals surface area contributed by atoms with E-state index in [1.165, 1.54) is 0 Å². The molecule has 1 aromatic carbocycles. The fourth-order valence-electron chi connectivity index (χ4n) is 3.18.